The standard InChI is InChI=1S/C15H32BN3/c1-14(2,15(3,4)18)11-9-7-5-6-8-10-12-19-16-13-17/h16,19H,5-12,18H2,1-4H3. The van der Waals surface area contributed by atoms with E-state index in [-0.39, 0.29) is 11.0 Å². The summed E-state index contributed by atoms with van der Waals surface area (Å²) >= 11 is 0. The molecule has 19 heavy (non-hydrogen) atoms. The molecule has 0 atom stereocenters. The molecule has 0 aliphatic rings. The van der Waals surface area contributed by atoms with Gasteiger partial charge in [0.15, 0.2) is 0 Å². The third-order valence-electron chi connectivity index (χ3n) is 4.35. The quantitative estimate of drug-likeness (QED) is 0.446. The van der Waals surface area contributed by atoms with E-state index in [0.717, 1.165) is 6.54 Å². The van der Waals surface area contributed by atoms with E-state index in [1.165, 1.54) is 44.9 Å². The average molecular weight is 265 g/mol. The molecule has 3 N–H and O–H groups in total. The first kappa shape index (κ1) is 18.5. The highest BCUT2D eigenvalue weighted by Gasteiger charge is 2.32. The second-order valence-electron chi connectivity index (χ2n) is 6.81. The van der Waals surface area contributed by atoms with E-state index in [4.69, 9.17) is 11.0 Å². The van der Waals surface area contributed by atoms with Crippen molar-refractivity contribution in [1.82, 2.24) is 5.23 Å². The SMILES string of the molecule is CC(C)(N)C(C)(C)CCCCCCCCNBC#N. The summed E-state index contributed by atoms with van der Waals surface area (Å²) in [6.07, 6.45) is 8.87. The lowest BCUT2D eigenvalue weighted by molar-refractivity contribution is 0.180. The van der Waals surface area contributed by atoms with Crippen LogP contribution in [0.5, 0.6) is 0 Å². The molecule has 0 aliphatic carbocycles. The van der Waals surface area contributed by atoms with Crippen molar-refractivity contribution in [3.63, 3.8) is 0 Å². The number of rotatable bonds is 11. The zero-order chi connectivity index (χ0) is 14.8. The molecule has 0 rings (SSSR count). The maximum atomic E-state index is 8.37. The maximum absolute atomic E-state index is 8.37. The summed E-state index contributed by atoms with van der Waals surface area (Å²) in [6.45, 7) is 9.77. The van der Waals surface area contributed by atoms with Gasteiger partial charge in [-0.1, -0.05) is 46.0 Å². The van der Waals surface area contributed by atoms with Gasteiger partial charge in [0, 0.05) is 11.5 Å². The largest absolute Gasteiger partial charge is 0.346 e. The number of nitrogens with zero attached hydrogens (tertiary/aromatic N) is 1. The maximum Gasteiger partial charge on any atom is 0.328 e. The summed E-state index contributed by atoms with van der Waals surface area (Å²) in [4.78, 5) is 0. The van der Waals surface area contributed by atoms with Gasteiger partial charge in [0.2, 0.25) is 0 Å². The van der Waals surface area contributed by atoms with Gasteiger partial charge >= 0.3 is 7.41 Å². The van der Waals surface area contributed by atoms with Gasteiger partial charge < -0.3 is 11.0 Å². The van der Waals surface area contributed by atoms with Gasteiger partial charge in [0.25, 0.3) is 0 Å². The molecular formula is C15H32BN3. The van der Waals surface area contributed by atoms with Crippen molar-refractivity contribution >= 4 is 7.41 Å². The van der Waals surface area contributed by atoms with Gasteiger partial charge in [0.05, 0.1) is 0 Å². The normalized spacial score (nSPS) is 12.2. The molecule has 4 heteroatoms. The van der Waals surface area contributed by atoms with Crippen molar-refractivity contribution < 1.29 is 0 Å². The predicted octanol–water partition coefficient (Wildman–Crippen LogP) is 2.90. The Kier molecular flexibility index (Phi) is 9.13. The molecule has 0 amide bonds. The lowest BCUT2D eigenvalue weighted by Gasteiger charge is -2.38. The summed E-state index contributed by atoms with van der Waals surface area (Å²) in [7, 11) is 0.476. The van der Waals surface area contributed by atoms with E-state index >= 15 is 0 Å². The number of nitrogens with one attached hydrogen (secondary N) is 1. The molecule has 110 valence electrons. The highest BCUT2D eigenvalue weighted by molar-refractivity contribution is 6.42. The van der Waals surface area contributed by atoms with Gasteiger partial charge in [-0.2, -0.15) is 0 Å². The molecule has 0 radical (unpaired) electrons. The Labute approximate surface area is 120 Å². The van der Waals surface area contributed by atoms with Gasteiger partial charge in [-0.25, -0.2) is 5.26 Å². The molecule has 0 bridgehead atoms. The Hall–Kier alpha value is -0.525. The minimum atomic E-state index is -0.0978. The Morgan fingerprint density at radius 1 is 1.00 bits per heavy atom. The lowest BCUT2D eigenvalue weighted by Crippen LogP contribution is -2.47. The molecule has 0 saturated heterocycles. The lowest BCUT2D eigenvalue weighted by atomic mass is 9.72. The Bertz CT molecular complexity index is 264. The predicted molar refractivity (Wildman–Crippen MR) is 85.1 cm³/mol. The second-order valence-corrected chi connectivity index (χ2v) is 6.81. The van der Waals surface area contributed by atoms with E-state index < -0.39 is 0 Å². The minimum Gasteiger partial charge on any atom is -0.346 e. The highest BCUT2D eigenvalue weighted by atomic mass is 14.7. The van der Waals surface area contributed by atoms with Crippen LogP contribution in [0.3, 0.4) is 0 Å². The van der Waals surface area contributed by atoms with E-state index in [1.54, 1.807) is 0 Å². The molecule has 0 heterocycles. The molecule has 0 saturated carbocycles. The highest BCUT2D eigenvalue weighted by Crippen LogP contribution is 2.33. The van der Waals surface area contributed by atoms with Crippen LogP contribution in [0, 0.1) is 16.6 Å². The van der Waals surface area contributed by atoms with Gasteiger partial charge in [0.1, 0.15) is 0 Å². The number of hydrogen-bond donors (Lipinski definition) is 2. The van der Waals surface area contributed by atoms with Gasteiger partial charge in [-0.3, -0.25) is 0 Å². The van der Waals surface area contributed by atoms with Crippen LogP contribution >= 0.6 is 0 Å². The smallest absolute Gasteiger partial charge is 0.328 e. The van der Waals surface area contributed by atoms with Crippen LogP contribution < -0.4 is 11.0 Å². The fraction of sp³-hybridized carbons (Fsp3) is 0.933. The number of nitrogens with two attached hydrogens (primary N) is 1. The number of hydrogen-bond acceptors (Lipinski definition) is 3. The van der Waals surface area contributed by atoms with Crippen LogP contribution in [-0.4, -0.2) is 19.5 Å². The molecule has 0 aromatic carbocycles. The van der Waals surface area contributed by atoms with Crippen molar-refractivity contribution in [3.05, 3.63) is 0 Å². The number of unbranched alkanes of at least 4 members (excludes halogenated alkanes) is 5. The topological polar surface area (TPSA) is 61.8 Å². The molecule has 3 nitrogen and oxygen atoms in total. The summed E-state index contributed by atoms with van der Waals surface area (Å²) in [5.41, 5.74) is 6.32. The van der Waals surface area contributed by atoms with Crippen LogP contribution in [0.25, 0.3) is 0 Å². The van der Waals surface area contributed by atoms with E-state index in [0.29, 0.717) is 7.41 Å². The molecule has 0 unspecified atom stereocenters. The van der Waals surface area contributed by atoms with E-state index in [2.05, 4.69) is 38.9 Å². The Balaban J connectivity index is 3.39. The Morgan fingerprint density at radius 3 is 2.05 bits per heavy atom. The monoisotopic (exact) mass is 265 g/mol. The zero-order valence-electron chi connectivity index (χ0n) is 13.4. The average Bonchev–Trinajstić information content (AvgIpc) is 2.30. The van der Waals surface area contributed by atoms with Crippen molar-refractivity contribution in [3.8, 4) is 5.97 Å². The third-order valence-corrected chi connectivity index (χ3v) is 4.35. The first-order chi connectivity index (χ1) is 8.81. The summed E-state index contributed by atoms with van der Waals surface area (Å²) in [6, 6.07) is 0. The third kappa shape index (κ3) is 9.07. The molecule has 0 aromatic heterocycles. The van der Waals surface area contributed by atoms with Crippen molar-refractivity contribution in [2.24, 2.45) is 11.1 Å². The van der Waals surface area contributed by atoms with E-state index in [1.807, 2.05) is 0 Å². The van der Waals surface area contributed by atoms with Gasteiger partial charge in [-0.05, 0) is 38.6 Å². The van der Waals surface area contributed by atoms with Crippen LogP contribution in [-0.2, 0) is 0 Å². The van der Waals surface area contributed by atoms with Gasteiger partial charge in [-0.15, -0.1) is 0 Å². The molecule has 0 spiro atoms. The zero-order valence-corrected chi connectivity index (χ0v) is 13.4. The van der Waals surface area contributed by atoms with Crippen molar-refractivity contribution in [2.45, 2.75) is 78.2 Å². The van der Waals surface area contributed by atoms with Crippen LogP contribution in [0.15, 0.2) is 0 Å². The van der Waals surface area contributed by atoms with Crippen molar-refractivity contribution in [2.75, 3.05) is 6.54 Å². The fourth-order valence-electron chi connectivity index (χ4n) is 1.99. The summed E-state index contributed by atoms with van der Waals surface area (Å²) in [5.74, 6) is 2.09. The Morgan fingerprint density at radius 2 is 1.53 bits per heavy atom. The summed E-state index contributed by atoms with van der Waals surface area (Å²) in [5, 5.41) is 11.5. The molecule has 0 aliphatic heterocycles. The fourth-order valence-corrected chi connectivity index (χ4v) is 1.99. The second kappa shape index (κ2) is 9.39. The van der Waals surface area contributed by atoms with Crippen LogP contribution in [0.4, 0.5) is 0 Å². The first-order valence-corrected chi connectivity index (χ1v) is 7.68. The summed E-state index contributed by atoms with van der Waals surface area (Å²) < 4.78 is 0. The first-order valence-electron chi connectivity index (χ1n) is 7.68. The van der Waals surface area contributed by atoms with Crippen LogP contribution in [0.1, 0.15) is 72.6 Å². The molecule has 0 aromatic rings. The molecule has 0 fully saturated rings. The van der Waals surface area contributed by atoms with Crippen molar-refractivity contribution in [1.29, 1.82) is 5.26 Å². The van der Waals surface area contributed by atoms with Crippen LogP contribution in [0.2, 0.25) is 0 Å². The minimum absolute atomic E-state index is 0.0978. The molecular weight excluding hydrogens is 233 g/mol. The van der Waals surface area contributed by atoms with E-state index in [9.17, 15) is 0 Å². The number of nitriles is 1.